The molecule has 7 heteroatoms. The van der Waals surface area contributed by atoms with Crippen LogP contribution in [0.2, 0.25) is 0 Å². The summed E-state index contributed by atoms with van der Waals surface area (Å²) in [6.07, 6.45) is 3.55. The van der Waals surface area contributed by atoms with Gasteiger partial charge in [-0.2, -0.15) is 0 Å². The van der Waals surface area contributed by atoms with Gasteiger partial charge < -0.3 is 24.5 Å². The molecule has 0 bridgehead atoms. The zero-order valence-corrected chi connectivity index (χ0v) is 15.1. The molecule has 3 heterocycles. The van der Waals surface area contributed by atoms with Crippen molar-refractivity contribution >= 4 is 11.9 Å². The lowest BCUT2D eigenvalue weighted by molar-refractivity contribution is -0.183. The van der Waals surface area contributed by atoms with E-state index in [4.69, 9.17) is 9.47 Å². The normalized spacial score (nSPS) is 23.0. The number of piperidine rings is 1. The van der Waals surface area contributed by atoms with Crippen LogP contribution in [0, 0.1) is 13.8 Å². The van der Waals surface area contributed by atoms with Crippen molar-refractivity contribution < 1.29 is 24.2 Å². The first-order chi connectivity index (χ1) is 11.9. The molecule has 0 unspecified atom stereocenters. The van der Waals surface area contributed by atoms with Crippen LogP contribution in [0.15, 0.2) is 0 Å². The number of nitrogens with one attached hydrogen (secondary N) is 1. The summed E-state index contributed by atoms with van der Waals surface area (Å²) in [6, 6.07) is 0. The van der Waals surface area contributed by atoms with Crippen LogP contribution < -0.4 is 0 Å². The van der Waals surface area contributed by atoms with Crippen LogP contribution in [-0.4, -0.2) is 65.4 Å². The van der Waals surface area contributed by atoms with E-state index in [9.17, 15) is 14.7 Å². The fourth-order valence-corrected chi connectivity index (χ4v) is 4.23. The van der Waals surface area contributed by atoms with Crippen LogP contribution in [0.25, 0.3) is 0 Å². The summed E-state index contributed by atoms with van der Waals surface area (Å²) >= 11 is 0. The summed E-state index contributed by atoms with van der Waals surface area (Å²) in [4.78, 5) is 28.8. The Morgan fingerprint density at radius 3 is 2.56 bits per heavy atom. The van der Waals surface area contributed by atoms with Gasteiger partial charge in [-0.05, 0) is 45.1 Å². The Hall–Kier alpha value is -1.86. The Bertz CT molecular complexity index is 673. The first-order valence-corrected chi connectivity index (χ1v) is 8.78. The summed E-state index contributed by atoms with van der Waals surface area (Å²) < 4.78 is 11.7. The zero-order valence-electron chi connectivity index (χ0n) is 15.1. The van der Waals surface area contributed by atoms with Crippen LogP contribution in [0.3, 0.4) is 0 Å². The second-order valence-electron chi connectivity index (χ2n) is 7.00. The first-order valence-electron chi connectivity index (χ1n) is 8.78. The van der Waals surface area contributed by atoms with E-state index in [2.05, 4.69) is 4.98 Å². The second kappa shape index (κ2) is 6.80. The molecule has 1 spiro atoms. The molecule has 1 aromatic heterocycles. The van der Waals surface area contributed by atoms with E-state index in [1.165, 1.54) is 0 Å². The predicted molar refractivity (Wildman–Crippen MR) is 91.1 cm³/mol. The molecule has 1 aromatic rings. The van der Waals surface area contributed by atoms with Crippen molar-refractivity contribution in [2.24, 2.45) is 0 Å². The van der Waals surface area contributed by atoms with E-state index in [1.807, 2.05) is 0 Å². The highest BCUT2D eigenvalue weighted by Gasteiger charge is 2.45. The van der Waals surface area contributed by atoms with E-state index < -0.39 is 5.97 Å². The van der Waals surface area contributed by atoms with E-state index in [-0.39, 0.29) is 23.3 Å². The standard InChI is InChI=1S/C18H26N2O5/c1-11-14(12(2)19-15(11)17(22)23)16(21)20-8-6-18(7-9-20)13(24-3)5-4-10-25-18/h13,19H,4-10H2,1-3H3,(H,22,23)/t13-/m1/s1. The minimum atomic E-state index is -1.05. The molecule has 7 nitrogen and oxygen atoms in total. The Kier molecular flexibility index (Phi) is 4.88. The van der Waals surface area contributed by atoms with Gasteiger partial charge in [-0.1, -0.05) is 0 Å². The molecule has 0 radical (unpaired) electrons. The van der Waals surface area contributed by atoms with Crippen LogP contribution in [-0.2, 0) is 9.47 Å². The minimum Gasteiger partial charge on any atom is -0.477 e. The van der Waals surface area contributed by atoms with E-state index in [1.54, 1.807) is 25.9 Å². The Morgan fingerprint density at radius 1 is 1.32 bits per heavy atom. The fraction of sp³-hybridized carbons (Fsp3) is 0.667. The van der Waals surface area contributed by atoms with Crippen molar-refractivity contribution in [1.29, 1.82) is 0 Å². The number of likely N-dealkylation sites (tertiary alicyclic amines) is 1. The van der Waals surface area contributed by atoms with Gasteiger partial charge in [0.25, 0.3) is 5.91 Å². The molecule has 2 fully saturated rings. The summed E-state index contributed by atoms with van der Waals surface area (Å²) in [5.41, 5.74) is 1.37. The number of amides is 1. The number of carboxylic acids is 1. The van der Waals surface area contributed by atoms with Gasteiger partial charge >= 0.3 is 5.97 Å². The Morgan fingerprint density at radius 2 is 2.00 bits per heavy atom. The Balaban J connectivity index is 1.75. The van der Waals surface area contributed by atoms with Gasteiger partial charge in [0.05, 0.1) is 17.3 Å². The quantitative estimate of drug-likeness (QED) is 0.871. The maximum atomic E-state index is 12.9. The number of rotatable bonds is 3. The number of ether oxygens (including phenoxy) is 2. The zero-order chi connectivity index (χ0) is 18.2. The fourth-order valence-electron chi connectivity index (χ4n) is 4.23. The molecular weight excluding hydrogens is 324 g/mol. The Labute approximate surface area is 147 Å². The van der Waals surface area contributed by atoms with E-state index >= 15 is 0 Å². The number of aromatic carboxylic acids is 1. The largest absolute Gasteiger partial charge is 0.477 e. The molecule has 2 saturated heterocycles. The monoisotopic (exact) mass is 350 g/mol. The van der Waals surface area contributed by atoms with E-state index in [0.717, 1.165) is 32.3 Å². The molecule has 138 valence electrons. The number of aryl methyl sites for hydroxylation is 1. The van der Waals surface area contributed by atoms with Crippen molar-refractivity contribution in [3.05, 3.63) is 22.5 Å². The highest BCUT2D eigenvalue weighted by molar-refractivity contribution is 6.00. The number of aromatic nitrogens is 1. The third kappa shape index (κ3) is 3.06. The molecule has 0 aliphatic carbocycles. The number of carbonyl (C=O) groups is 2. The predicted octanol–water partition coefficient (Wildman–Crippen LogP) is 2.13. The van der Waals surface area contributed by atoms with Gasteiger partial charge in [-0.15, -0.1) is 0 Å². The molecule has 2 N–H and O–H groups in total. The van der Waals surface area contributed by atoms with Crippen LogP contribution >= 0.6 is 0 Å². The van der Waals surface area contributed by atoms with Crippen molar-refractivity contribution in [3.8, 4) is 0 Å². The number of hydrogen-bond donors (Lipinski definition) is 2. The number of H-pyrrole nitrogens is 1. The minimum absolute atomic E-state index is 0.0767. The SMILES string of the molecule is CO[C@@H]1CCCOC12CCN(C(=O)c1c(C)[nH]c(C(=O)O)c1C)CC2. The number of carbonyl (C=O) groups excluding carboxylic acids is 1. The summed E-state index contributed by atoms with van der Waals surface area (Å²) in [5.74, 6) is -1.16. The maximum Gasteiger partial charge on any atom is 0.352 e. The molecule has 3 rings (SSSR count). The van der Waals surface area contributed by atoms with Crippen molar-refractivity contribution in [1.82, 2.24) is 9.88 Å². The molecule has 0 saturated carbocycles. The number of carboxylic acid groups (broad SMARTS) is 1. The van der Waals surface area contributed by atoms with Crippen LogP contribution in [0.5, 0.6) is 0 Å². The van der Waals surface area contributed by atoms with Gasteiger partial charge in [0.15, 0.2) is 0 Å². The number of nitrogens with zero attached hydrogens (tertiary/aromatic N) is 1. The number of hydrogen-bond acceptors (Lipinski definition) is 4. The summed E-state index contributed by atoms with van der Waals surface area (Å²) in [5, 5.41) is 9.23. The van der Waals surface area contributed by atoms with E-state index in [0.29, 0.717) is 29.9 Å². The smallest absolute Gasteiger partial charge is 0.352 e. The highest BCUT2D eigenvalue weighted by atomic mass is 16.5. The molecule has 25 heavy (non-hydrogen) atoms. The molecule has 1 atom stereocenters. The molecule has 2 aliphatic heterocycles. The average Bonchev–Trinajstić information content (AvgIpc) is 2.90. The number of methoxy groups -OCH3 is 1. The lowest BCUT2D eigenvalue weighted by atomic mass is 9.81. The number of aromatic amines is 1. The van der Waals surface area contributed by atoms with Crippen molar-refractivity contribution in [2.45, 2.75) is 51.2 Å². The van der Waals surface area contributed by atoms with Gasteiger partial charge in [0.2, 0.25) is 0 Å². The van der Waals surface area contributed by atoms with Crippen molar-refractivity contribution in [3.63, 3.8) is 0 Å². The molecular formula is C18H26N2O5. The maximum absolute atomic E-state index is 12.9. The summed E-state index contributed by atoms with van der Waals surface area (Å²) in [6.45, 7) is 5.34. The highest BCUT2D eigenvalue weighted by Crippen LogP contribution is 2.37. The topological polar surface area (TPSA) is 91.9 Å². The summed E-state index contributed by atoms with van der Waals surface area (Å²) in [7, 11) is 1.72. The molecule has 2 aliphatic rings. The van der Waals surface area contributed by atoms with Gasteiger partial charge in [0.1, 0.15) is 5.69 Å². The van der Waals surface area contributed by atoms with Gasteiger partial charge in [-0.3, -0.25) is 4.79 Å². The van der Waals surface area contributed by atoms with Gasteiger partial charge in [-0.25, -0.2) is 4.79 Å². The lowest BCUT2D eigenvalue weighted by Gasteiger charge is -2.48. The second-order valence-corrected chi connectivity index (χ2v) is 7.00. The lowest BCUT2D eigenvalue weighted by Crippen LogP contribution is -2.56. The average molecular weight is 350 g/mol. The third-order valence-corrected chi connectivity index (χ3v) is 5.63. The van der Waals surface area contributed by atoms with Gasteiger partial charge in [0, 0.05) is 32.5 Å². The third-order valence-electron chi connectivity index (χ3n) is 5.63. The molecule has 1 amide bonds. The van der Waals surface area contributed by atoms with Crippen LogP contribution in [0.1, 0.15) is 57.8 Å². The van der Waals surface area contributed by atoms with Crippen LogP contribution in [0.4, 0.5) is 0 Å². The molecule has 0 aromatic carbocycles. The van der Waals surface area contributed by atoms with Crippen molar-refractivity contribution in [2.75, 3.05) is 26.8 Å². The first kappa shape index (κ1) is 17.9.